The lowest BCUT2D eigenvalue weighted by Gasteiger charge is -2.19. The fourth-order valence-corrected chi connectivity index (χ4v) is 2.87. The van der Waals surface area contributed by atoms with E-state index >= 15 is 0 Å². The minimum atomic E-state index is -1.02. The van der Waals surface area contributed by atoms with Gasteiger partial charge in [-0.1, -0.05) is 12.1 Å². The normalized spacial score (nSPS) is 11.7. The number of aromatic hydroxyl groups is 1. The second-order valence-corrected chi connectivity index (χ2v) is 6.76. The number of methoxy groups -OCH3 is 1. The fourth-order valence-electron chi connectivity index (χ4n) is 2.87. The minimum absolute atomic E-state index is 0.0783. The standard InChI is InChI=1S/C23H25NO7/c1-15(25)16-8-11-18(12-9-16)24-23(29)31-20(6-4-3-5-7-22(27)28)17-10-13-21(30-2)19(26)14-17/h5,7-14,20,26H,3-4,6H2,1-2H3,(H,24,29)(H,27,28)/b7-5+/t20-/m0/s1. The van der Waals surface area contributed by atoms with Crippen molar-refractivity contribution >= 4 is 23.5 Å². The number of nitrogens with one attached hydrogen (secondary N) is 1. The molecule has 0 heterocycles. The highest BCUT2D eigenvalue weighted by Gasteiger charge is 2.18. The lowest BCUT2D eigenvalue weighted by molar-refractivity contribution is -0.131. The zero-order valence-corrected chi connectivity index (χ0v) is 17.3. The SMILES string of the molecule is COc1ccc([C@H](CCC/C=C/C(=O)O)OC(=O)Nc2ccc(C(C)=O)cc2)cc1O. The predicted octanol–water partition coefficient (Wildman–Crippen LogP) is 4.70. The number of benzene rings is 2. The van der Waals surface area contributed by atoms with Crippen molar-refractivity contribution in [2.45, 2.75) is 32.3 Å². The van der Waals surface area contributed by atoms with Crippen molar-refractivity contribution in [3.05, 3.63) is 65.7 Å². The lowest BCUT2D eigenvalue weighted by Crippen LogP contribution is -2.17. The van der Waals surface area contributed by atoms with Crippen LogP contribution in [0.25, 0.3) is 0 Å². The highest BCUT2D eigenvalue weighted by atomic mass is 16.6. The molecule has 0 aromatic heterocycles. The summed E-state index contributed by atoms with van der Waals surface area (Å²) in [4.78, 5) is 34.4. The van der Waals surface area contributed by atoms with Crippen LogP contribution in [-0.2, 0) is 9.53 Å². The van der Waals surface area contributed by atoms with Gasteiger partial charge in [-0.25, -0.2) is 9.59 Å². The Morgan fingerprint density at radius 1 is 1.13 bits per heavy atom. The van der Waals surface area contributed by atoms with Gasteiger partial charge in [-0.2, -0.15) is 0 Å². The summed E-state index contributed by atoms with van der Waals surface area (Å²) >= 11 is 0. The minimum Gasteiger partial charge on any atom is -0.504 e. The van der Waals surface area contributed by atoms with Crippen LogP contribution in [0.2, 0.25) is 0 Å². The van der Waals surface area contributed by atoms with Gasteiger partial charge in [-0.3, -0.25) is 10.1 Å². The number of amides is 1. The number of Topliss-reactive ketones (excluding diaryl/α,β-unsaturated/α-hetero) is 1. The maximum atomic E-state index is 12.4. The van der Waals surface area contributed by atoms with E-state index in [-0.39, 0.29) is 11.5 Å². The molecular weight excluding hydrogens is 402 g/mol. The van der Waals surface area contributed by atoms with E-state index in [4.69, 9.17) is 14.6 Å². The van der Waals surface area contributed by atoms with Gasteiger partial charge in [0.05, 0.1) is 7.11 Å². The first-order valence-corrected chi connectivity index (χ1v) is 9.65. The molecule has 1 amide bonds. The van der Waals surface area contributed by atoms with E-state index in [0.29, 0.717) is 41.8 Å². The van der Waals surface area contributed by atoms with E-state index in [2.05, 4.69) is 5.32 Å². The van der Waals surface area contributed by atoms with E-state index in [9.17, 15) is 19.5 Å². The van der Waals surface area contributed by atoms with Crippen LogP contribution in [0, 0.1) is 0 Å². The van der Waals surface area contributed by atoms with Crippen molar-refractivity contribution in [1.82, 2.24) is 0 Å². The summed E-state index contributed by atoms with van der Waals surface area (Å²) in [7, 11) is 1.43. The summed E-state index contributed by atoms with van der Waals surface area (Å²) in [5.41, 5.74) is 1.57. The predicted molar refractivity (Wildman–Crippen MR) is 115 cm³/mol. The first-order valence-electron chi connectivity index (χ1n) is 9.65. The number of ether oxygens (including phenoxy) is 2. The van der Waals surface area contributed by atoms with Crippen molar-refractivity contribution in [3.8, 4) is 11.5 Å². The van der Waals surface area contributed by atoms with Crippen LogP contribution < -0.4 is 10.1 Å². The molecule has 2 aromatic rings. The average molecular weight is 427 g/mol. The number of carbonyl (C=O) groups is 3. The summed E-state index contributed by atoms with van der Waals surface area (Å²) in [5, 5.41) is 21.3. The molecule has 0 saturated carbocycles. The third-order valence-electron chi connectivity index (χ3n) is 4.46. The number of hydrogen-bond acceptors (Lipinski definition) is 6. The molecule has 0 saturated heterocycles. The third-order valence-corrected chi connectivity index (χ3v) is 4.46. The zero-order valence-electron chi connectivity index (χ0n) is 17.3. The smallest absolute Gasteiger partial charge is 0.412 e. The summed E-state index contributed by atoms with van der Waals surface area (Å²) in [5.74, 6) is -0.894. The van der Waals surface area contributed by atoms with Gasteiger partial charge in [0.2, 0.25) is 0 Å². The van der Waals surface area contributed by atoms with Gasteiger partial charge in [-0.15, -0.1) is 0 Å². The number of ketones is 1. The molecule has 8 heteroatoms. The van der Waals surface area contributed by atoms with Crippen LogP contribution in [0.4, 0.5) is 10.5 Å². The van der Waals surface area contributed by atoms with Crippen molar-refractivity contribution in [3.63, 3.8) is 0 Å². The molecule has 1 atom stereocenters. The first kappa shape index (κ1) is 23.5. The number of aliphatic carboxylic acids is 1. The molecule has 0 radical (unpaired) electrons. The van der Waals surface area contributed by atoms with Crippen molar-refractivity contribution in [2.24, 2.45) is 0 Å². The zero-order chi connectivity index (χ0) is 22.8. The van der Waals surface area contributed by atoms with E-state index in [1.54, 1.807) is 36.4 Å². The summed E-state index contributed by atoms with van der Waals surface area (Å²) in [6.45, 7) is 1.46. The number of allylic oxidation sites excluding steroid dienone is 1. The van der Waals surface area contributed by atoms with Gasteiger partial charge >= 0.3 is 12.1 Å². The lowest BCUT2D eigenvalue weighted by atomic mass is 10.0. The molecular formula is C23H25NO7. The largest absolute Gasteiger partial charge is 0.504 e. The van der Waals surface area contributed by atoms with E-state index in [1.807, 2.05) is 0 Å². The van der Waals surface area contributed by atoms with Gasteiger partial charge in [0, 0.05) is 17.3 Å². The quantitative estimate of drug-likeness (QED) is 0.285. The van der Waals surface area contributed by atoms with Gasteiger partial charge in [0.1, 0.15) is 6.10 Å². The second kappa shape index (κ2) is 11.4. The molecule has 0 spiro atoms. The maximum Gasteiger partial charge on any atom is 0.412 e. The molecule has 31 heavy (non-hydrogen) atoms. The van der Waals surface area contributed by atoms with Gasteiger partial charge in [0.15, 0.2) is 17.3 Å². The fraction of sp³-hybridized carbons (Fsp3) is 0.261. The Morgan fingerprint density at radius 3 is 2.42 bits per heavy atom. The number of phenols is 1. The molecule has 3 N–H and O–H groups in total. The van der Waals surface area contributed by atoms with Crippen molar-refractivity contribution < 1.29 is 34.1 Å². The van der Waals surface area contributed by atoms with Crippen LogP contribution in [0.5, 0.6) is 11.5 Å². The topological polar surface area (TPSA) is 122 Å². The monoisotopic (exact) mass is 427 g/mol. The molecule has 0 bridgehead atoms. The molecule has 0 fully saturated rings. The second-order valence-electron chi connectivity index (χ2n) is 6.76. The van der Waals surface area contributed by atoms with Gasteiger partial charge < -0.3 is 19.7 Å². The Balaban J connectivity index is 2.09. The molecule has 164 valence electrons. The van der Waals surface area contributed by atoms with Crippen LogP contribution >= 0.6 is 0 Å². The number of carbonyl (C=O) groups excluding carboxylic acids is 2. The molecule has 0 unspecified atom stereocenters. The average Bonchev–Trinajstić information content (AvgIpc) is 2.72. The van der Waals surface area contributed by atoms with Crippen LogP contribution in [-0.4, -0.2) is 35.2 Å². The highest BCUT2D eigenvalue weighted by molar-refractivity contribution is 5.95. The molecule has 0 aliphatic heterocycles. The van der Waals surface area contributed by atoms with Crippen molar-refractivity contribution in [1.29, 1.82) is 0 Å². The van der Waals surface area contributed by atoms with E-state index in [0.717, 1.165) is 6.08 Å². The van der Waals surface area contributed by atoms with Gasteiger partial charge in [0.25, 0.3) is 0 Å². The summed E-state index contributed by atoms with van der Waals surface area (Å²) in [6.07, 6.45) is 2.67. The summed E-state index contributed by atoms with van der Waals surface area (Å²) < 4.78 is 10.6. The molecule has 2 rings (SSSR count). The molecule has 2 aromatic carbocycles. The number of carboxylic acids is 1. The van der Waals surface area contributed by atoms with Gasteiger partial charge in [-0.05, 0) is 68.1 Å². The Labute approximate surface area is 180 Å². The number of unbranched alkanes of at least 4 members (excludes halogenated alkanes) is 1. The Morgan fingerprint density at radius 2 is 1.84 bits per heavy atom. The van der Waals surface area contributed by atoms with E-state index in [1.165, 1.54) is 26.2 Å². The summed E-state index contributed by atoms with van der Waals surface area (Å²) in [6, 6.07) is 11.1. The molecule has 0 aliphatic rings. The molecule has 0 aliphatic carbocycles. The number of carboxylic acid groups (broad SMARTS) is 1. The Hall–Kier alpha value is -3.81. The third kappa shape index (κ3) is 7.50. The Bertz CT molecular complexity index is 951. The number of hydrogen-bond donors (Lipinski definition) is 3. The highest BCUT2D eigenvalue weighted by Crippen LogP contribution is 2.32. The maximum absolute atomic E-state index is 12.4. The van der Waals surface area contributed by atoms with Crippen LogP contribution in [0.3, 0.4) is 0 Å². The number of rotatable bonds is 10. The van der Waals surface area contributed by atoms with Crippen molar-refractivity contribution in [2.75, 3.05) is 12.4 Å². The first-order chi connectivity index (χ1) is 14.8. The van der Waals surface area contributed by atoms with E-state index < -0.39 is 18.2 Å². The molecule has 8 nitrogen and oxygen atoms in total. The number of phenolic OH excluding ortho intramolecular Hbond substituents is 1. The van der Waals surface area contributed by atoms with Crippen LogP contribution in [0.1, 0.15) is 48.2 Å². The Kier molecular flexibility index (Phi) is 8.63. The number of anilines is 1. The van der Waals surface area contributed by atoms with Crippen LogP contribution in [0.15, 0.2) is 54.6 Å².